The maximum absolute atomic E-state index is 2.41. The number of aryl methyl sites for hydroxylation is 2. The highest BCUT2D eigenvalue weighted by Crippen LogP contribution is 2.39. The Morgan fingerprint density at radius 2 is 0.577 bits per heavy atom. The summed E-state index contributed by atoms with van der Waals surface area (Å²) in [4.78, 5) is 0. The van der Waals surface area contributed by atoms with Gasteiger partial charge in [-0.25, -0.2) is 0 Å². The molecule has 2 heterocycles. The first kappa shape index (κ1) is 30.2. The van der Waals surface area contributed by atoms with Crippen molar-refractivity contribution >= 4 is 43.6 Å². The highest BCUT2D eigenvalue weighted by molar-refractivity contribution is 6.13. The number of hydrogen-bond donors (Lipinski definition) is 0. The van der Waals surface area contributed by atoms with Gasteiger partial charge >= 0.3 is 0 Å². The van der Waals surface area contributed by atoms with Crippen LogP contribution in [0.5, 0.6) is 0 Å². The molecule has 10 aromatic rings. The van der Waals surface area contributed by atoms with Crippen molar-refractivity contribution in [1.29, 1.82) is 0 Å². The van der Waals surface area contributed by atoms with Gasteiger partial charge in [-0.2, -0.15) is 0 Å². The second-order valence-corrected chi connectivity index (χ2v) is 14.0. The van der Waals surface area contributed by atoms with Crippen LogP contribution >= 0.6 is 0 Å². The van der Waals surface area contributed by atoms with Crippen LogP contribution in [0, 0.1) is 13.8 Å². The molecule has 0 N–H and O–H groups in total. The molecule has 2 aromatic heterocycles. The van der Waals surface area contributed by atoms with Crippen LogP contribution in [-0.2, 0) is 0 Å². The zero-order chi connectivity index (χ0) is 34.8. The normalized spacial score (nSPS) is 11.7. The Bertz CT molecular complexity index is 2720. The molecular weight excluding hydrogens is 629 g/mol. The number of nitrogens with zero attached hydrogens (tertiary/aromatic N) is 2. The summed E-state index contributed by atoms with van der Waals surface area (Å²) in [6, 6.07) is 66.7. The molecule has 52 heavy (non-hydrogen) atoms. The summed E-state index contributed by atoms with van der Waals surface area (Å²) < 4.78 is 4.82. The van der Waals surface area contributed by atoms with Crippen LogP contribution in [0.15, 0.2) is 182 Å². The summed E-state index contributed by atoms with van der Waals surface area (Å²) in [5, 5.41) is 5.08. The average Bonchev–Trinajstić information content (AvgIpc) is 3.70. The molecule has 0 radical (unpaired) electrons. The Labute approximate surface area is 303 Å². The van der Waals surface area contributed by atoms with Crippen LogP contribution in [0.2, 0.25) is 0 Å². The van der Waals surface area contributed by atoms with Crippen LogP contribution in [0.25, 0.3) is 88.4 Å². The maximum atomic E-state index is 2.41. The minimum atomic E-state index is 1.16. The molecule has 246 valence electrons. The molecule has 0 bridgehead atoms. The largest absolute Gasteiger partial charge is 0.309 e. The first-order chi connectivity index (χ1) is 25.6. The molecular formula is C50H36N2. The van der Waals surface area contributed by atoms with E-state index >= 15 is 0 Å². The fourth-order valence-electron chi connectivity index (χ4n) is 8.06. The first-order valence-electron chi connectivity index (χ1n) is 18.0. The lowest BCUT2D eigenvalue weighted by Crippen LogP contribution is -1.94. The third kappa shape index (κ3) is 4.95. The van der Waals surface area contributed by atoms with Gasteiger partial charge in [-0.1, -0.05) is 120 Å². The number of fused-ring (bicyclic) bond motifs is 6. The lowest BCUT2D eigenvalue weighted by Gasteiger charge is -2.11. The number of rotatable bonds is 5. The smallest absolute Gasteiger partial charge is 0.0541 e. The molecule has 0 aliphatic heterocycles. The predicted octanol–water partition coefficient (Wildman–Crippen LogP) is 13.5. The molecule has 0 unspecified atom stereocenters. The lowest BCUT2D eigenvalue weighted by molar-refractivity contribution is 1.18. The molecule has 0 amide bonds. The van der Waals surface area contributed by atoms with E-state index in [0.29, 0.717) is 0 Å². The molecule has 0 aliphatic rings. The van der Waals surface area contributed by atoms with Crippen molar-refractivity contribution in [3.63, 3.8) is 0 Å². The van der Waals surface area contributed by atoms with Gasteiger partial charge in [0, 0.05) is 32.9 Å². The highest BCUT2D eigenvalue weighted by Gasteiger charge is 2.17. The van der Waals surface area contributed by atoms with E-state index in [0.717, 1.165) is 11.4 Å². The van der Waals surface area contributed by atoms with Crippen molar-refractivity contribution in [3.8, 4) is 44.8 Å². The van der Waals surface area contributed by atoms with Crippen LogP contribution in [-0.4, -0.2) is 9.13 Å². The molecule has 8 aromatic carbocycles. The van der Waals surface area contributed by atoms with Gasteiger partial charge in [0.2, 0.25) is 0 Å². The number of benzene rings is 8. The fourth-order valence-corrected chi connectivity index (χ4v) is 8.06. The molecule has 0 fully saturated rings. The molecule has 0 saturated heterocycles. The molecule has 10 rings (SSSR count). The van der Waals surface area contributed by atoms with Crippen LogP contribution < -0.4 is 0 Å². The van der Waals surface area contributed by atoms with Crippen molar-refractivity contribution in [2.24, 2.45) is 0 Å². The Balaban J connectivity index is 1.10. The highest BCUT2D eigenvalue weighted by atomic mass is 15.0. The monoisotopic (exact) mass is 664 g/mol. The van der Waals surface area contributed by atoms with E-state index in [1.807, 2.05) is 0 Å². The predicted molar refractivity (Wildman–Crippen MR) is 221 cm³/mol. The van der Waals surface area contributed by atoms with Gasteiger partial charge in [0.25, 0.3) is 0 Å². The molecule has 0 spiro atoms. The van der Waals surface area contributed by atoms with Gasteiger partial charge in [0.05, 0.1) is 22.1 Å². The van der Waals surface area contributed by atoms with Crippen LogP contribution in [0.4, 0.5) is 0 Å². The second kappa shape index (κ2) is 12.0. The lowest BCUT2D eigenvalue weighted by atomic mass is 10.00. The second-order valence-electron chi connectivity index (χ2n) is 14.0. The van der Waals surface area contributed by atoms with Gasteiger partial charge in [-0.05, 0) is 120 Å². The topological polar surface area (TPSA) is 9.86 Å². The van der Waals surface area contributed by atoms with E-state index in [4.69, 9.17) is 0 Å². The third-order valence-electron chi connectivity index (χ3n) is 10.6. The average molecular weight is 665 g/mol. The Morgan fingerprint density at radius 3 is 0.962 bits per heavy atom. The van der Waals surface area contributed by atoms with Crippen molar-refractivity contribution in [1.82, 2.24) is 9.13 Å². The van der Waals surface area contributed by atoms with Crippen LogP contribution in [0.3, 0.4) is 0 Å². The summed E-state index contributed by atoms with van der Waals surface area (Å²) in [7, 11) is 0. The zero-order valence-electron chi connectivity index (χ0n) is 29.2. The van der Waals surface area contributed by atoms with E-state index in [2.05, 4.69) is 205 Å². The number of hydrogen-bond acceptors (Lipinski definition) is 0. The molecule has 0 atom stereocenters. The van der Waals surface area contributed by atoms with Crippen molar-refractivity contribution in [2.75, 3.05) is 0 Å². The summed E-state index contributed by atoms with van der Waals surface area (Å²) >= 11 is 0. The van der Waals surface area contributed by atoms with E-state index in [-0.39, 0.29) is 0 Å². The Morgan fingerprint density at radius 1 is 0.269 bits per heavy atom. The fraction of sp³-hybridized carbons (Fsp3) is 0.0400. The first-order valence-corrected chi connectivity index (χ1v) is 18.0. The molecule has 2 heteroatoms. The summed E-state index contributed by atoms with van der Waals surface area (Å²) in [5.41, 5.74) is 17.1. The van der Waals surface area contributed by atoms with Gasteiger partial charge in [-0.3, -0.25) is 0 Å². The third-order valence-corrected chi connectivity index (χ3v) is 10.6. The van der Waals surface area contributed by atoms with E-state index in [1.54, 1.807) is 0 Å². The quantitative estimate of drug-likeness (QED) is 0.173. The maximum Gasteiger partial charge on any atom is 0.0541 e. The summed E-state index contributed by atoms with van der Waals surface area (Å²) in [6.07, 6.45) is 0. The standard InChI is InChI=1S/C50H36N2/c1-33-13-25-47-43(29-33)45-31-39(19-27-49(45)51(47)41-21-15-37(16-22-41)35-9-5-3-6-10-35)40-20-28-50-46(32-40)44-30-34(2)14-26-48(44)52(50)42-23-17-38(18-24-42)36-11-7-4-8-12-36/h3-32H,1-2H3. The van der Waals surface area contributed by atoms with E-state index in [9.17, 15) is 0 Å². The van der Waals surface area contributed by atoms with Crippen LogP contribution in [0.1, 0.15) is 11.1 Å². The molecule has 0 saturated carbocycles. The Hall–Kier alpha value is -6.64. The van der Waals surface area contributed by atoms with Crippen molar-refractivity contribution < 1.29 is 0 Å². The minimum absolute atomic E-state index is 1.16. The van der Waals surface area contributed by atoms with Gasteiger partial charge in [0.15, 0.2) is 0 Å². The van der Waals surface area contributed by atoms with Gasteiger partial charge in [0.1, 0.15) is 0 Å². The SMILES string of the molecule is Cc1ccc2c(c1)c1cc(-c3ccc4c(c3)c3cc(C)ccc3n4-c3ccc(-c4ccccc4)cc3)ccc1n2-c1ccc(-c2ccccc2)cc1. The minimum Gasteiger partial charge on any atom is -0.309 e. The van der Waals surface area contributed by atoms with Gasteiger partial charge in [-0.15, -0.1) is 0 Å². The molecule has 2 nitrogen and oxygen atoms in total. The van der Waals surface area contributed by atoms with E-state index < -0.39 is 0 Å². The van der Waals surface area contributed by atoms with Crippen molar-refractivity contribution in [2.45, 2.75) is 13.8 Å². The zero-order valence-corrected chi connectivity index (χ0v) is 29.2. The number of aromatic nitrogens is 2. The van der Waals surface area contributed by atoms with Crippen molar-refractivity contribution in [3.05, 3.63) is 193 Å². The summed E-state index contributed by atoms with van der Waals surface area (Å²) in [5.74, 6) is 0. The summed E-state index contributed by atoms with van der Waals surface area (Å²) in [6.45, 7) is 4.37. The van der Waals surface area contributed by atoms with Gasteiger partial charge < -0.3 is 9.13 Å². The molecule has 0 aliphatic carbocycles. The Kier molecular flexibility index (Phi) is 6.97. The van der Waals surface area contributed by atoms with E-state index in [1.165, 1.54) is 88.1 Å².